The van der Waals surface area contributed by atoms with E-state index in [9.17, 15) is 4.79 Å². The number of amides is 1. The van der Waals surface area contributed by atoms with Crippen molar-refractivity contribution in [2.75, 3.05) is 19.0 Å². The summed E-state index contributed by atoms with van der Waals surface area (Å²) in [5.74, 6) is -0.286. The van der Waals surface area contributed by atoms with Crippen LogP contribution in [0.25, 0.3) is 10.2 Å². The minimum absolute atomic E-state index is 0. The van der Waals surface area contributed by atoms with Gasteiger partial charge in [-0.15, -0.1) is 12.4 Å². The average Bonchev–Trinajstić information content (AvgIpc) is 2.71. The maximum Gasteiger partial charge on any atom is 0.245 e. The molecule has 1 aromatic heterocycles. The molecule has 1 atom stereocenters. The maximum absolute atomic E-state index is 11.6. The predicted octanol–water partition coefficient (Wildman–Crippen LogP) is 1.63. The number of thiazole rings is 1. The molecule has 18 heavy (non-hydrogen) atoms. The second-order valence-electron chi connectivity index (χ2n) is 3.54. The monoisotopic (exact) mass is 287 g/mol. The van der Waals surface area contributed by atoms with Crippen LogP contribution in [0.15, 0.2) is 24.3 Å². The van der Waals surface area contributed by atoms with E-state index in [-0.39, 0.29) is 24.9 Å². The standard InChI is InChI=1S/C11H13N3O2S.ClH/c1-16-6-7(12)10(15)14-11-13-8-4-2-3-5-9(8)17-11;/h2-5,7H,6,12H2,1H3,(H,13,14,15);1H. The van der Waals surface area contributed by atoms with Gasteiger partial charge in [-0.1, -0.05) is 23.5 Å². The molecule has 5 nitrogen and oxygen atoms in total. The van der Waals surface area contributed by atoms with Crippen molar-refractivity contribution >= 4 is 45.0 Å². The number of para-hydroxylation sites is 1. The fourth-order valence-electron chi connectivity index (χ4n) is 1.38. The van der Waals surface area contributed by atoms with Crippen LogP contribution in [0, 0.1) is 0 Å². The molecular weight excluding hydrogens is 274 g/mol. The summed E-state index contributed by atoms with van der Waals surface area (Å²) in [7, 11) is 1.50. The number of carbonyl (C=O) groups is 1. The van der Waals surface area contributed by atoms with Crippen LogP contribution in [0.4, 0.5) is 5.13 Å². The minimum atomic E-state index is -0.674. The summed E-state index contributed by atoms with van der Waals surface area (Å²) in [6.45, 7) is 0.191. The average molecular weight is 288 g/mol. The first-order valence-electron chi connectivity index (χ1n) is 5.11. The van der Waals surface area contributed by atoms with Crippen LogP contribution < -0.4 is 11.1 Å². The Bertz CT molecular complexity index is 499. The zero-order valence-corrected chi connectivity index (χ0v) is 11.4. The van der Waals surface area contributed by atoms with Gasteiger partial charge in [-0.3, -0.25) is 4.79 Å². The fourth-order valence-corrected chi connectivity index (χ4v) is 2.25. The van der Waals surface area contributed by atoms with Crippen molar-refractivity contribution in [2.45, 2.75) is 6.04 Å². The van der Waals surface area contributed by atoms with E-state index in [1.807, 2.05) is 24.3 Å². The number of rotatable bonds is 4. The number of hydrogen-bond donors (Lipinski definition) is 2. The molecular formula is C11H14ClN3O2S. The molecule has 2 rings (SSSR count). The van der Waals surface area contributed by atoms with E-state index >= 15 is 0 Å². The molecule has 0 bridgehead atoms. The van der Waals surface area contributed by atoms with Crippen molar-refractivity contribution in [1.82, 2.24) is 4.98 Å². The number of aromatic nitrogens is 1. The number of ether oxygens (including phenoxy) is 1. The van der Waals surface area contributed by atoms with Gasteiger partial charge in [0.2, 0.25) is 5.91 Å². The van der Waals surface area contributed by atoms with E-state index in [1.165, 1.54) is 18.4 Å². The van der Waals surface area contributed by atoms with Crippen molar-refractivity contribution in [3.8, 4) is 0 Å². The molecule has 0 spiro atoms. The lowest BCUT2D eigenvalue weighted by Crippen LogP contribution is -2.39. The second-order valence-corrected chi connectivity index (χ2v) is 4.57. The van der Waals surface area contributed by atoms with Crippen LogP contribution in [-0.2, 0) is 9.53 Å². The number of benzene rings is 1. The van der Waals surface area contributed by atoms with Gasteiger partial charge in [0.05, 0.1) is 16.8 Å². The number of halogens is 1. The van der Waals surface area contributed by atoms with Crippen LogP contribution in [0.5, 0.6) is 0 Å². The lowest BCUT2D eigenvalue weighted by Gasteiger charge is -2.08. The van der Waals surface area contributed by atoms with Gasteiger partial charge >= 0.3 is 0 Å². The largest absolute Gasteiger partial charge is 0.383 e. The molecule has 0 aliphatic rings. The summed E-state index contributed by atoms with van der Waals surface area (Å²) < 4.78 is 5.85. The van der Waals surface area contributed by atoms with Gasteiger partial charge in [0.25, 0.3) is 0 Å². The number of methoxy groups -OCH3 is 1. The van der Waals surface area contributed by atoms with E-state index in [0.717, 1.165) is 10.2 Å². The molecule has 7 heteroatoms. The van der Waals surface area contributed by atoms with Crippen LogP contribution in [0.2, 0.25) is 0 Å². The van der Waals surface area contributed by atoms with Gasteiger partial charge in [-0.05, 0) is 12.1 Å². The lowest BCUT2D eigenvalue weighted by atomic mass is 10.3. The summed E-state index contributed by atoms with van der Waals surface area (Å²) in [6.07, 6.45) is 0. The van der Waals surface area contributed by atoms with Crippen molar-refractivity contribution in [3.05, 3.63) is 24.3 Å². The van der Waals surface area contributed by atoms with Crippen LogP contribution in [-0.4, -0.2) is 30.6 Å². The number of hydrogen-bond acceptors (Lipinski definition) is 5. The molecule has 3 N–H and O–H groups in total. The highest BCUT2D eigenvalue weighted by Crippen LogP contribution is 2.25. The molecule has 0 aliphatic heterocycles. The van der Waals surface area contributed by atoms with E-state index < -0.39 is 6.04 Å². The van der Waals surface area contributed by atoms with Crippen molar-refractivity contribution in [3.63, 3.8) is 0 Å². The van der Waals surface area contributed by atoms with E-state index in [4.69, 9.17) is 10.5 Å². The lowest BCUT2D eigenvalue weighted by molar-refractivity contribution is -0.118. The molecule has 1 unspecified atom stereocenters. The van der Waals surface area contributed by atoms with Gasteiger partial charge in [0, 0.05) is 7.11 Å². The fraction of sp³-hybridized carbons (Fsp3) is 0.273. The summed E-state index contributed by atoms with van der Waals surface area (Å²) in [5.41, 5.74) is 6.48. The minimum Gasteiger partial charge on any atom is -0.383 e. The first-order chi connectivity index (χ1) is 8.20. The third-order valence-corrected chi connectivity index (χ3v) is 3.16. The van der Waals surface area contributed by atoms with Gasteiger partial charge in [-0.2, -0.15) is 0 Å². The molecule has 1 heterocycles. The van der Waals surface area contributed by atoms with Crippen LogP contribution in [0.1, 0.15) is 0 Å². The van der Waals surface area contributed by atoms with Gasteiger partial charge in [0.1, 0.15) is 6.04 Å². The molecule has 0 fully saturated rings. The third-order valence-electron chi connectivity index (χ3n) is 2.21. The highest BCUT2D eigenvalue weighted by Gasteiger charge is 2.14. The first kappa shape index (κ1) is 14.8. The zero-order chi connectivity index (χ0) is 12.3. The van der Waals surface area contributed by atoms with Crippen molar-refractivity contribution in [2.24, 2.45) is 5.73 Å². The quantitative estimate of drug-likeness (QED) is 0.896. The summed E-state index contributed by atoms with van der Waals surface area (Å²) in [6, 6.07) is 7.02. The maximum atomic E-state index is 11.6. The Morgan fingerprint density at radius 1 is 1.56 bits per heavy atom. The van der Waals surface area contributed by atoms with E-state index in [0.29, 0.717) is 5.13 Å². The summed E-state index contributed by atoms with van der Waals surface area (Å²) in [5, 5.41) is 3.24. The van der Waals surface area contributed by atoms with Gasteiger partial charge in [-0.25, -0.2) is 4.98 Å². The Morgan fingerprint density at radius 2 is 2.28 bits per heavy atom. The SMILES string of the molecule is COCC(N)C(=O)Nc1nc2ccccc2s1.Cl. The Balaban J connectivity index is 0.00000162. The molecule has 0 radical (unpaired) electrons. The van der Waals surface area contributed by atoms with Crippen molar-refractivity contribution < 1.29 is 9.53 Å². The third kappa shape index (κ3) is 3.39. The molecule has 2 aromatic rings. The highest BCUT2D eigenvalue weighted by atomic mass is 35.5. The van der Waals surface area contributed by atoms with Gasteiger partial charge in [0.15, 0.2) is 5.13 Å². The topological polar surface area (TPSA) is 77.2 Å². The zero-order valence-electron chi connectivity index (χ0n) is 9.75. The predicted molar refractivity (Wildman–Crippen MR) is 75.3 cm³/mol. The van der Waals surface area contributed by atoms with Gasteiger partial charge < -0.3 is 15.8 Å². The smallest absolute Gasteiger partial charge is 0.245 e. The molecule has 0 aliphatic carbocycles. The molecule has 0 saturated heterocycles. The number of nitrogens with one attached hydrogen (secondary N) is 1. The second kappa shape index (κ2) is 6.65. The van der Waals surface area contributed by atoms with Crippen molar-refractivity contribution in [1.29, 1.82) is 0 Å². The normalized spacial score (nSPS) is 11.9. The number of nitrogens with two attached hydrogens (primary N) is 1. The Labute approximate surface area is 115 Å². The summed E-state index contributed by atoms with van der Waals surface area (Å²) in [4.78, 5) is 15.9. The number of nitrogens with zero attached hydrogens (tertiary/aromatic N) is 1. The first-order valence-corrected chi connectivity index (χ1v) is 5.93. The number of fused-ring (bicyclic) bond motifs is 1. The number of carbonyl (C=O) groups excluding carboxylic acids is 1. The molecule has 0 saturated carbocycles. The molecule has 1 aromatic carbocycles. The molecule has 1 amide bonds. The Kier molecular flexibility index (Phi) is 5.49. The van der Waals surface area contributed by atoms with E-state index in [1.54, 1.807) is 0 Å². The van der Waals surface area contributed by atoms with Crippen LogP contribution in [0.3, 0.4) is 0 Å². The van der Waals surface area contributed by atoms with Crippen LogP contribution >= 0.6 is 23.7 Å². The van der Waals surface area contributed by atoms with E-state index in [2.05, 4.69) is 10.3 Å². The molecule has 98 valence electrons. The Morgan fingerprint density at radius 3 is 2.94 bits per heavy atom. The Hall–Kier alpha value is -1.21. The highest BCUT2D eigenvalue weighted by molar-refractivity contribution is 7.22. The summed E-state index contributed by atoms with van der Waals surface area (Å²) >= 11 is 1.42. The number of anilines is 1.